The Labute approximate surface area is 105 Å². The number of rotatable bonds is 7. The van der Waals surface area contributed by atoms with E-state index in [0.717, 1.165) is 5.92 Å². The van der Waals surface area contributed by atoms with E-state index in [1.165, 1.54) is 29.9 Å². The third kappa shape index (κ3) is 3.51. The van der Waals surface area contributed by atoms with Gasteiger partial charge in [0.25, 0.3) is 0 Å². The van der Waals surface area contributed by atoms with Crippen molar-refractivity contribution in [2.45, 2.75) is 38.5 Å². The molecule has 1 heterocycles. The second-order valence-electron chi connectivity index (χ2n) is 4.87. The van der Waals surface area contributed by atoms with E-state index in [9.17, 15) is 15.2 Å². The highest BCUT2D eigenvalue weighted by Crippen LogP contribution is 2.32. The fourth-order valence-corrected chi connectivity index (χ4v) is 1.91. The average molecular weight is 254 g/mol. The van der Waals surface area contributed by atoms with E-state index in [-0.39, 0.29) is 12.2 Å². The van der Waals surface area contributed by atoms with E-state index in [2.05, 4.69) is 17.3 Å². The summed E-state index contributed by atoms with van der Waals surface area (Å²) in [5.41, 5.74) is -0.0542. The van der Waals surface area contributed by atoms with Crippen LogP contribution in [0.5, 0.6) is 0 Å². The highest BCUT2D eigenvalue weighted by Gasteiger charge is 2.27. The Kier molecular flexibility index (Phi) is 3.93. The Morgan fingerprint density at radius 3 is 3.00 bits per heavy atom. The molecule has 0 bridgehead atoms. The van der Waals surface area contributed by atoms with Gasteiger partial charge < -0.3 is 10.4 Å². The van der Waals surface area contributed by atoms with Crippen molar-refractivity contribution >= 4 is 5.69 Å². The zero-order valence-electron chi connectivity index (χ0n) is 10.3. The molecule has 18 heavy (non-hydrogen) atoms. The molecule has 0 amide bonds. The summed E-state index contributed by atoms with van der Waals surface area (Å²) >= 11 is 0. The highest BCUT2D eigenvalue weighted by molar-refractivity contribution is 5.20. The number of aromatic nitrogens is 2. The molecule has 0 radical (unpaired) electrons. The van der Waals surface area contributed by atoms with Crippen LogP contribution in [0.4, 0.5) is 5.69 Å². The molecular formula is C11H18N4O3. The first kappa shape index (κ1) is 13.0. The van der Waals surface area contributed by atoms with Crippen molar-refractivity contribution in [3.63, 3.8) is 0 Å². The molecule has 1 aliphatic carbocycles. The molecule has 1 aliphatic rings. The second-order valence-corrected chi connectivity index (χ2v) is 4.87. The van der Waals surface area contributed by atoms with Crippen LogP contribution in [0, 0.1) is 16.0 Å². The van der Waals surface area contributed by atoms with Crippen molar-refractivity contribution in [1.29, 1.82) is 0 Å². The Balaban J connectivity index is 1.75. The van der Waals surface area contributed by atoms with Crippen LogP contribution in [-0.4, -0.2) is 38.5 Å². The SMILES string of the molecule is CC(NCC(O)Cn1cc([N+](=O)[O-])cn1)C1CC1. The largest absolute Gasteiger partial charge is 0.390 e. The van der Waals surface area contributed by atoms with Crippen LogP contribution >= 0.6 is 0 Å². The third-order valence-electron chi connectivity index (χ3n) is 3.23. The van der Waals surface area contributed by atoms with Crippen LogP contribution in [0.25, 0.3) is 0 Å². The van der Waals surface area contributed by atoms with Crippen molar-refractivity contribution in [2.24, 2.45) is 5.92 Å². The number of aliphatic hydroxyl groups is 1. The van der Waals surface area contributed by atoms with Crippen LogP contribution in [0.3, 0.4) is 0 Å². The fourth-order valence-electron chi connectivity index (χ4n) is 1.91. The Morgan fingerprint density at radius 2 is 2.44 bits per heavy atom. The molecule has 100 valence electrons. The molecule has 7 nitrogen and oxygen atoms in total. The summed E-state index contributed by atoms with van der Waals surface area (Å²) in [7, 11) is 0. The van der Waals surface area contributed by atoms with Gasteiger partial charge in [-0.15, -0.1) is 0 Å². The van der Waals surface area contributed by atoms with Gasteiger partial charge in [-0.1, -0.05) is 0 Å². The number of aliphatic hydroxyl groups excluding tert-OH is 1. The molecule has 0 aliphatic heterocycles. The zero-order chi connectivity index (χ0) is 13.1. The van der Waals surface area contributed by atoms with Gasteiger partial charge in [0.1, 0.15) is 12.4 Å². The van der Waals surface area contributed by atoms with Crippen LogP contribution in [0.2, 0.25) is 0 Å². The Bertz CT molecular complexity index is 416. The van der Waals surface area contributed by atoms with E-state index >= 15 is 0 Å². The number of nitrogens with one attached hydrogen (secondary N) is 1. The molecule has 1 saturated carbocycles. The van der Waals surface area contributed by atoms with Crippen molar-refractivity contribution in [2.75, 3.05) is 6.54 Å². The summed E-state index contributed by atoms with van der Waals surface area (Å²) in [5.74, 6) is 0.739. The van der Waals surface area contributed by atoms with Crippen molar-refractivity contribution in [3.8, 4) is 0 Å². The van der Waals surface area contributed by atoms with Gasteiger partial charge in [0, 0.05) is 12.6 Å². The van der Waals surface area contributed by atoms with Crippen molar-refractivity contribution < 1.29 is 10.0 Å². The van der Waals surface area contributed by atoms with Crippen LogP contribution < -0.4 is 5.32 Å². The second kappa shape index (κ2) is 5.45. The summed E-state index contributed by atoms with van der Waals surface area (Å²) in [5, 5.41) is 27.4. The lowest BCUT2D eigenvalue weighted by molar-refractivity contribution is -0.385. The van der Waals surface area contributed by atoms with Gasteiger partial charge in [-0.3, -0.25) is 14.8 Å². The van der Waals surface area contributed by atoms with Gasteiger partial charge in [0.2, 0.25) is 0 Å². The van der Waals surface area contributed by atoms with E-state index in [0.29, 0.717) is 12.6 Å². The predicted octanol–water partition coefficient (Wildman–Crippen LogP) is 0.540. The minimum absolute atomic E-state index is 0.0542. The quantitative estimate of drug-likeness (QED) is 0.547. The van der Waals surface area contributed by atoms with Gasteiger partial charge in [0.05, 0.1) is 17.6 Å². The minimum atomic E-state index is -0.592. The molecule has 1 aromatic rings. The smallest absolute Gasteiger partial charge is 0.306 e. The van der Waals surface area contributed by atoms with E-state index in [4.69, 9.17) is 0 Å². The molecule has 2 unspecified atom stereocenters. The van der Waals surface area contributed by atoms with Gasteiger partial charge in [0.15, 0.2) is 0 Å². The van der Waals surface area contributed by atoms with Gasteiger partial charge in [-0.25, -0.2) is 0 Å². The summed E-state index contributed by atoms with van der Waals surface area (Å²) in [4.78, 5) is 9.98. The summed E-state index contributed by atoms with van der Waals surface area (Å²) in [6.07, 6.45) is 4.44. The monoisotopic (exact) mass is 254 g/mol. The van der Waals surface area contributed by atoms with Crippen LogP contribution in [0.15, 0.2) is 12.4 Å². The van der Waals surface area contributed by atoms with Gasteiger partial charge in [-0.05, 0) is 25.7 Å². The van der Waals surface area contributed by atoms with E-state index in [1.807, 2.05) is 0 Å². The average Bonchev–Trinajstić information content (AvgIpc) is 3.07. The van der Waals surface area contributed by atoms with Gasteiger partial charge >= 0.3 is 5.69 Å². The maximum atomic E-state index is 10.5. The van der Waals surface area contributed by atoms with Crippen LogP contribution in [0.1, 0.15) is 19.8 Å². The highest BCUT2D eigenvalue weighted by atomic mass is 16.6. The molecule has 0 spiro atoms. The van der Waals surface area contributed by atoms with Crippen molar-refractivity contribution in [3.05, 3.63) is 22.5 Å². The maximum absolute atomic E-state index is 10.5. The Morgan fingerprint density at radius 1 is 1.72 bits per heavy atom. The number of hydrogen-bond acceptors (Lipinski definition) is 5. The summed E-state index contributed by atoms with van der Waals surface area (Å²) in [6.45, 7) is 2.85. The van der Waals surface area contributed by atoms with E-state index in [1.54, 1.807) is 0 Å². The zero-order valence-corrected chi connectivity index (χ0v) is 10.3. The molecule has 7 heteroatoms. The lowest BCUT2D eigenvalue weighted by atomic mass is 10.2. The molecule has 2 N–H and O–H groups in total. The van der Waals surface area contributed by atoms with E-state index < -0.39 is 11.0 Å². The molecule has 1 fully saturated rings. The molecule has 1 aromatic heterocycles. The first-order valence-electron chi connectivity index (χ1n) is 6.14. The lowest BCUT2D eigenvalue weighted by Gasteiger charge is -2.16. The normalized spacial score (nSPS) is 18.6. The molecular weight excluding hydrogens is 236 g/mol. The fraction of sp³-hybridized carbons (Fsp3) is 0.727. The number of hydrogen-bond donors (Lipinski definition) is 2. The lowest BCUT2D eigenvalue weighted by Crippen LogP contribution is -2.36. The summed E-state index contributed by atoms with van der Waals surface area (Å²) in [6, 6.07) is 0.423. The Hall–Kier alpha value is -1.47. The first-order chi connectivity index (χ1) is 8.56. The molecule has 2 atom stereocenters. The number of nitrogens with zero attached hydrogens (tertiary/aromatic N) is 3. The first-order valence-corrected chi connectivity index (χ1v) is 6.14. The minimum Gasteiger partial charge on any atom is -0.390 e. The summed E-state index contributed by atoms with van der Waals surface area (Å²) < 4.78 is 1.40. The van der Waals surface area contributed by atoms with Crippen LogP contribution in [-0.2, 0) is 6.54 Å². The maximum Gasteiger partial charge on any atom is 0.306 e. The standard InChI is InChI=1S/C11H18N4O3/c1-8(9-2-3-9)12-5-11(16)7-14-6-10(4-13-14)15(17)18/h4,6,8-9,11-12,16H,2-3,5,7H2,1H3. The van der Waals surface area contributed by atoms with Crippen molar-refractivity contribution in [1.82, 2.24) is 15.1 Å². The molecule has 0 aromatic carbocycles. The molecule has 2 rings (SSSR count). The third-order valence-corrected chi connectivity index (χ3v) is 3.23. The van der Waals surface area contributed by atoms with Gasteiger partial charge in [-0.2, -0.15) is 5.10 Å². The number of nitro groups is 1. The topological polar surface area (TPSA) is 93.2 Å². The molecule has 0 saturated heterocycles. The predicted molar refractivity (Wildman–Crippen MR) is 65.1 cm³/mol.